The van der Waals surface area contributed by atoms with E-state index in [9.17, 15) is 18.0 Å². The second kappa shape index (κ2) is 6.29. The van der Waals surface area contributed by atoms with Crippen molar-refractivity contribution >= 4 is 17.5 Å². The third-order valence-corrected chi connectivity index (χ3v) is 2.58. The fourth-order valence-electron chi connectivity index (χ4n) is 1.62. The van der Waals surface area contributed by atoms with Crippen molar-refractivity contribution in [2.24, 2.45) is 0 Å². The Hall–Kier alpha value is -2.84. The lowest BCUT2D eigenvalue weighted by Gasteiger charge is -2.13. The van der Waals surface area contributed by atoms with Crippen LogP contribution >= 0.6 is 0 Å². The van der Waals surface area contributed by atoms with Gasteiger partial charge in [0, 0.05) is 12.4 Å². The number of hydrogen-bond acceptors (Lipinski definition) is 4. The van der Waals surface area contributed by atoms with E-state index < -0.39 is 17.8 Å². The van der Waals surface area contributed by atoms with E-state index in [0.29, 0.717) is 0 Å². The Morgan fingerprint density at radius 3 is 2.59 bits per heavy atom. The minimum Gasteiger partial charge on any atom is -0.495 e. The van der Waals surface area contributed by atoms with Crippen molar-refractivity contribution in [2.45, 2.75) is 6.18 Å². The molecule has 2 amide bonds. The predicted octanol–water partition coefficient (Wildman–Crippen LogP) is 3.15. The van der Waals surface area contributed by atoms with Gasteiger partial charge in [0.05, 0.1) is 24.6 Å². The van der Waals surface area contributed by atoms with Crippen LogP contribution in [-0.4, -0.2) is 23.1 Å². The summed E-state index contributed by atoms with van der Waals surface area (Å²) in [7, 11) is 1.29. The topological polar surface area (TPSA) is 76.1 Å². The second-order valence-corrected chi connectivity index (χ2v) is 4.08. The molecule has 22 heavy (non-hydrogen) atoms. The van der Waals surface area contributed by atoms with Crippen molar-refractivity contribution in [3.8, 4) is 5.75 Å². The van der Waals surface area contributed by atoms with E-state index in [0.717, 1.165) is 18.2 Å². The third kappa shape index (κ3) is 3.84. The maximum absolute atomic E-state index is 12.7. The van der Waals surface area contributed by atoms with Gasteiger partial charge < -0.3 is 10.1 Å². The van der Waals surface area contributed by atoms with E-state index in [-0.39, 0.29) is 17.3 Å². The summed E-state index contributed by atoms with van der Waals surface area (Å²) in [6.45, 7) is 0. The van der Waals surface area contributed by atoms with Crippen molar-refractivity contribution in [1.82, 2.24) is 9.97 Å². The molecule has 0 aliphatic carbocycles. The summed E-state index contributed by atoms with van der Waals surface area (Å²) < 4.78 is 43.0. The first-order valence-electron chi connectivity index (χ1n) is 5.99. The molecular weight excluding hydrogens is 301 g/mol. The summed E-state index contributed by atoms with van der Waals surface area (Å²) in [5.41, 5.74) is -1.01. The Morgan fingerprint density at radius 2 is 2.00 bits per heavy atom. The van der Waals surface area contributed by atoms with E-state index >= 15 is 0 Å². The minimum absolute atomic E-state index is 0.0993. The molecule has 2 aromatic rings. The van der Waals surface area contributed by atoms with Gasteiger partial charge >= 0.3 is 12.2 Å². The second-order valence-electron chi connectivity index (χ2n) is 4.08. The predicted molar refractivity (Wildman–Crippen MR) is 72.7 cm³/mol. The van der Waals surface area contributed by atoms with Crippen LogP contribution in [0.5, 0.6) is 5.75 Å². The number of benzene rings is 1. The largest absolute Gasteiger partial charge is 0.495 e. The zero-order valence-electron chi connectivity index (χ0n) is 11.3. The number of urea groups is 1. The maximum Gasteiger partial charge on any atom is 0.416 e. The minimum atomic E-state index is -4.52. The number of rotatable bonds is 3. The fourth-order valence-corrected chi connectivity index (χ4v) is 1.62. The Bertz CT molecular complexity index is 662. The lowest BCUT2D eigenvalue weighted by molar-refractivity contribution is -0.137. The number of amides is 2. The molecule has 0 saturated heterocycles. The molecule has 0 spiro atoms. The molecule has 1 aromatic carbocycles. The van der Waals surface area contributed by atoms with Gasteiger partial charge in [-0.3, -0.25) is 10.3 Å². The van der Waals surface area contributed by atoms with Gasteiger partial charge in [-0.05, 0) is 18.2 Å². The van der Waals surface area contributed by atoms with Crippen molar-refractivity contribution in [3.05, 3.63) is 42.4 Å². The van der Waals surface area contributed by atoms with Crippen LogP contribution < -0.4 is 15.4 Å². The first kappa shape index (κ1) is 15.5. The average molecular weight is 312 g/mol. The Balaban J connectivity index is 2.18. The molecule has 1 heterocycles. The highest BCUT2D eigenvalue weighted by atomic mass is 19.4. The molecule has 0 bridgehead atoms. The highest BCUT2D eigenvalue weighted by molar-refractivity contribution is 6.00. The summed E-state index contributed by atoms with van der Waals surface area (Å²) in [6, 6.07) is 2.01. The van der Waals surface area contributed by atoms with Gasteiger partial charge in [-0.1, -0.05) is 0 Å². The molecule has 1 aromatic heterocycles. The number of nitrogens with one attached hydrogen (secondary N) is 2. The van der Waals surface area contributed by atoms with Crippen LogP contribution in [0.1, 0.15) is 5.56 Å². The molecule has 116 valence electrons. The number of methoxy groups -OCH3 is 1. The van der Waals surface area contributed by atoms with Gasteiger partial charge in [-0.25, -0.2) is 9.78 Å². The Labute approximate surface area is 123 Å². The highest BCUT2D eigenvalue weighted by Gasteiger charge is 2.31. The number of ether oxygens (including phenoxy) is 1. The molecule has 2 N–H and O–H groups in total. The molecule has 0 fully saturated rings. The third-order valence-electron chi connectivity index (χ3n) is 2.58. The molecule has 0 atom stereocenters. The fraction of sp³-hybridized carbons (Fsp3) is 0.154. The van der Waals surface area contributed by atoms with E-state index in [1.165, 1.54) is 25.7 Å². The molecule has 2 rings (SSSR count). The van der Waals surface area contributed by atoms with Crippen LogP contribution in [0.3, 0.4) is 0 Å². The van der Waals surface area contributed by atoms with Crippen molar-refractivity contribution in [3.63, 3.8) is 0 Å². The molecule has 0 unspecified atom stereocenters. The van der Waals surface area contributed by atoms with Crippen LogP contribution in [-0.2, 0) is 6.18 Å². The van der Waals surface area contributed by atoms with Crippen molar-refractivity contribution in [2.75, 3.05) is 17.7 Å². The number of anilines is 2. The van der Waals surface area contributed by atoms with E-state index in [2.05, 4.69) is 20.6 Å². The number of carbonyl (C=O) groups is 1. The smallest absolute Gasteiger partial charge is 0.416 e. The van der Waals surface area contributed by atoms with Gasteiger partial charge in [0.1, 0.15) is 5.75 Å². The summed E-state index contributed by atoms with van der Waals surface area (Å²) >= 11 is 0. The number of hydrogen-bond donors (Lipinski definition) is 2. The van der Waals surface area contributed by atoms with Gasteiger partial charge in [-0.2, -0.15) is 13.2 Å². The highest BCUT2D eigenvalue weighted by Crippen LogP contribution is 2.34. The van der Waals surface area contributed by atoms with E-state index in [4.69, 9.17) is 4.74 Å². The number of halogens is 3. The monoisotopic (exact) mass is 312 g/mol. The van der Waals surface area contributed by atoms with Gasteiger partial charge in [-0.15, -0.1) is 0 Å². The lowest BCUT2D eigenvalue weighted by atomic mass is 10.2. The molecular formula is C13H11F3N4O2. The first-order valence-corrected chi connectivity index (χ1v) is 5.99. The SMILES string of the molecule is COc1ccc(C(F)(F)F)cc1NC(=O)Nc1cnccn1. The molecule has 6 nitrogen and oxygen atoms in total. The zero-order valence-corrected chi connectivity index (χ0v) is 11.3. The average Bonchev–Trinajstić information content (AvgIpc) is 2.47. The zero-order chi connectivity index (χ0) is 16.2. The molecule has 0 aliphatic heterocycles. The molecule has 0 saturated carbocycles. The van der Waals surface area contributed by atoms with E-state index in [1.807, 2.05) is 0 Å². The van der Waals surface area contributed by atoms with E-state index in [1.54, 1.807) is 0 Å². The number of aromatic nitrogens is 2. The standard InChI is InChI=1S/C13H11F3N4O2/c1-22-10-3-2-8(13(14,15)16)6-9(10)19-12(21)20-11-7-17-4-5-18-11/h2-7H,1H3,(H2,18,19,20,21). The summed E-state index contributed by atoms with van der Waals surface area (Å²) in [6.07, 6.45) is -0.452. The summed E-state index contributed by atoms with van der Waals surface area (Å²) in [5, 5.41) is 4.62. The number of alkyl halides is 3. The van der Waals surface area contributed by atoms with Crippen molar-refractivity contribution < 1.29 is 22.7 Å². The van der Waals surface area contributed by atoms with Crippen LogP contribution in [0.15, 0.2) is 36.8 Å². The molecule has 9 heteroatoms. The van der Waals surface area contributed by atoms with Crippen molar-refractivity contribution in [1.29, 1.82) is 0 Å². The summed E-state index contributed by atoms with van der Waals surface area (Å²) in [4.78, 5) is 19.3. The van der Waals surface area contributed by atoms with Crippen LogP contribution in [0.2, 0.25) is 0 Å². The molecule has 0 aliphatic rings. The van der Waals surface area contributed by atoms with Crippen LogP contribution in [0, 0.1) is 0 Å². The number of nitrogens with zero attached hydrogens (tertiary/aromatic N) is 2. The quantitative estimate of drug-likeness (QED) is 0.913. The van der Waals surface area contributed by atoms with Crippen LogP contribution in [0.25, 0.3) is 0 Å². The Kier molecular flexibility index (Phi) is 4.44. The van der Waals surface area contributed by atoms with Gasteiger partial charge in [0.15, 0.2) is 5.82 Å². The van der Waals surface area contributed by atoms with Gasteiger partial charge in [0.2, 0.25) is 0 Å². The maximum atomic E-state index is 12.7. The van der Waals surface area contributed by atoms with Gasteiger partial charge in [0.25, 0.3) is 0 Å². The first-order chi connectivity index (χ1) is 10.4. The molecule has 0 radical (unpaired) electrons. The van der Waals surface area contributed by atoms with Crippen LogP contribution in [0.4, 0.5) is 29.5 Å². The number of carbonyl (C=O) groups excluding carboxylic acids is 1. The normalized spacial score (nSPS) is 10.9. The lowest BCUT2D eigenvalue weighted by Crippen LogP contribution is -2.21. The summed E-state index contributed by atoms with van der Waals surface area (Å²) in [5.74, 6) is 0.258. The Morgan fingerprint density at radius 1 is 1.23 bits per heavy atom.